The third-order valence-electron chi connectivity index (χ3n) is 1.28. The van der Waals surface area contributed by atoms with Gasteiger partial charge in [0.1, 0.15) is 11.6 Å². The van der Waals surface area contributed by atoms with Gasteiger partial charge >= 0.3 is 5.97 Å². The second kappa shape index (κ2) is 4.42. The number of anilines is 1. The number of hydrogen-bond donors (Lipinski definition) is 2. The quantitative estimate of drug-likeness (QED) is 0.684. The number of carboxylic acid groups (broad SMARTS) is 1. The van der Waals surface area contributed by atoms with Crippen molar-refractivity contribution in [2.45, 2.75) is 12.5 Å². The number of nitrogens with one attached hydrogen (secondary N) is 1. The predicted octanol–water partition coefficient (Wildman–Crippen LogP) is 0.426. The maximum atomic E-state index is 10.6. The Kier molecular flexibility index (Phi) is 3.23. The van der Waals surface area contributed by atoms with Crippen molar-refractivity contribution in [1.82, 2.24) is 10.2 Å². The van der Waals surface area contributed by atoms with Crippen LogP contribution in [0.25, 0.3) is 0 Å². The van der Waals surface area contributed by atoms with Gasteiger partial charge in [-0.2, -0.15) is 0 Å². The SMILES string of the molecule is C#CCC(Nc1nncs1)C(=O)O. The van der Waals surface area contributed by atoms with E-state index < -0.39 is 12.0 Å². The smallest absolute Gasteiger partial charge is 0.327 e. The first kappa shape index (κ1) is 9.48. The fourth-order valence-electron chi connectivity index (χ4n) is 0.703. The number of carbonyl (C=O) groups is 1. The summed E-state index contributed by atoms with van der Waals surface area (Å²) in [5, 5.41) is 19.0. The van der Waals surface area contributed by atoms with Gasteiger partial charge in [0.05, 0.1) is 0 Å². The molecule has 5 nitrogen and oxygen atoms in total. The van der Waals surface area contributed by atoms with Crippen molar-refractivity contribution < 1.29 is 9.90 Å². The van der Waals surface area contributed by atoms with E-state index in [9.17, 15) is 4.79 Å². The number of nitrogens with zero attached hydrogens (tertiary/aromatic N) is 2. The second-order valence-electron chi connectivity index (χ2n) is 2.19. The number of hydrogen-bond acceptors (Lipinski definition) is 5. The molecule has 13 heavy (non-hydrogen) atoms. The minimum Gasteiger partial charge on any atom is -0.480 e. The van der Waals surface area contributed by atoms with Crippen LogP contribution < -0.4 is 5.32 Å². The first-order chi connectivity index (χ1) is 6.24. The van der Waals surface area contributed by atoms with Gasteiger partial charge in [-0.15, -0.1) is 22.5 Å². The lowest BCUT2D eigenvalue weighted by Crippen LogP contribution is -2.28. The molecular formula is C7H7N3O2S. The van der Waals surface area contributed by atoms with Crippen molar-refractivity contribution in [3.8, 4) is 12.3 Å². The van der Waals surface area contributed by atoms with Gasteiger partial charge in [-0.1, -0.05) is 11.3 Å². The molecular weight excluding hydrogens is 190 g/mol. The summed E-state index contributed by atoms with van der Waals surface area (Å²) in [5.41, 5.74) is 1.51. The summed E-state index contributed by atoms with van der Waals surface area (Å²) in [6.07, 6.45) is 5.13. The lowest BCUT2D eigenvalue weighted by Gasteiger charge is -2.08. The Labute approximate surface area is 78.8 Å². The lowest BCUT2D eigenvalue weighted by atomic mass is 10.2. The van der Waals surface area contributed by atoms with Crippen LogP contribution >= 0.6 is 11.3 Å². The summed E-state index contributed by atoms with van der Waals surface area (Å²) in [6.45, 7) is 0. The Balaban J connectivity index is 2.59. The highest BCUT2D eigenvalue weighted by Crippen LogP contribution is 2.10. The Hall–Kier alpha value is -1.61. The summed E-state index contributed by atoms with van der Waals surface area (Å²) < 4.78 is 0. The molecule has 0 aliphatic carbocycles. The molecule has 1 rings (SSSR count). The maximum Gasteiger partial charge on any atom is 0.327 e. The van der Waals surface area contributed by atoms with E-state index in [1.165, 1.54) is 16.8 Å². The molecule has 0 aromatic carbocycles. The molecule has 0 aliphatic heterocycles. The van der Waals surface area contributed by atoms with E-state index in [2.05, 4.69) is 21.4 Å². The molecule has 0 bridgehead atoms. The summed E-state index contributed by atoms with van der Waals surface area (Å²) in [4.78, 5) is 10.6. The van der Waals surface area contributed by atoms with Gasteiger partial charge in [0, 0.05) is 6.42 Å². The Morgan fingerprint density at radius 1 is 1.92 bits per heavy atom. The molecule has 1 atom stereocenters. The molecule has 0 saturated heterocycles. The zero-order valence-corrected chi connectivity index (χ0v) is 7.41. The topological polar surface area (TPSA) is 75.1 Å². The van der Waals surface area contributed by atoms with Gasteiger partial charge < -0.3 is 10.4 Å². The van der Waals surface area contributed by atoms with Crippen LogP contribution in [-0.2, 0) is 4.79 Å². The number of aliphatic carboxylic acids is 1. The Morgan fingerprint density at radius 2 is 2.69 bits per heavy atom. The standard InChI is InChI=1S/C7H7N3O2S/c1-2-3-5(6(11)12)9-7-10-8-4-13-7/h1,4-5H,3H2,(H,9,10)(H,11,12). The summed E-state index contributed by atoms with van der Waals surface area (Å²) in [7, 11) is 0. The average Bonchev–Trinajstić information content (AvgIpc) is 2.56. The highest BCUT2D eigenvalue weighted by molar-refractivity contribution is 7.13. The minimum absolute atomic E-state index is 0.120. The zero-order chi connectivity index (χ0) is 9.68. The van der Waals surface area contributed by atoms with Gasteiger partial charge in [-0.3, -0.25) is 0 Å². The highest BCUT2D eigenvalue weighted by atomic mass is 32.1. The van der Waals surface area contributed by atoms with Crippen molar-refractivity contribution >= 4 is 22.4 Å². The number of aromatic nitrogens is 2. The van der Waals surface area contributed by atoms with E-state index >= 15 is 0 Å². The number of rotatable bonds is 4. The first-order valence-corrected chi connectivity index (χ1v) is 4.31. The van der Waals surface area contributed by atoms with Crippen LogP contribution in [0.4, 0.5) is 5.13 Å². The van der Waals surface area contributed by atoms with Crippen LogP contribution in [0.2, 0.25) is 0 Å². The number of terminal acetylenes is 1. The summed E-state index contributed by atoms with van der Waals surface area (Å²) in [5.74, 6) is 1.28. The van der Waals surface area contributed by atoms with Crippen LogP contribution in [0, 0.1) is 12.3 Å². The molecule has 1 aromatic rings. The van der Waals surface area contributed by atoms with Crippen molar-refractivity contribution in [2.75, 3.05) is 5.32 Å². The molecule has 1 heterocycles. The van der Waals surface area contributed by atoms with Crippen LogP contribution in [0.5, 0.6) is 0 Å². The molecule has 0 aliphatic rings. The second-order valence-corrected chi connectivity index (χ2v) is 3.02. The maximum absolute atomic E-state index is 10.6. The van der Waals surface area contributed by atoms with E-state index in [4.69, 9.17) is 11.5 Å². The van der Waals surface area contributed by atoms with Gasteiger partial charge in [0.25, 0.3) is 0 Å². The van der Waals surface area contributed by atoms with Gasteiger partial charge in [0.15, 0.2) is 0 Å². The van der Waals surface area contributed by atoms with Crippen LogP contribution in [-0.4, -0.2) is 27.3 Å². The fourth-order valence-corrected chi connectivity index (χ4v) is 1.20. The molecule has 0 amide bonds. The monoisotopic (exact) mass is 197 g/mol. The fraction of sp³-hybridized carbons (Fsp3) is 0.286. The third-order valence-corrected chi connectivity index (χ3v) is 1.90. The molecule has 0 fully saturated rings. The van der Waals surface area contributed by atoms with Crippen LogP contribution in [0.3, 0.4) is 0 Å². The van der Waals surface area contributed by atoms with E-state index in [1.807, 2.05) is 0 Å². The summed E-state index contributed by atoms with van der Waals surface area (Å²) >= 11 is 1.23. The van der Waals surface area contributed by atoms with Crippen molar-refractivity contribution in [3.63, 3.8) is 0 Å². The van der Waals surface area contributed by atoms with Crippen molar-refractivity contribution in [1.29, 1.82) is 0 Å². The van der Waals surface area contributed by atoms with E-state index in [0.717, 1.165) is 0 Å². The normalized spacial score (nSPS) is 11.6. The van der Waals surface area contributed by atoms with Crippen LogP contribution in [0.1, 0.15) is 6.42 Å². The summed E-state index contributed by atoms with van der Waals surface area (Å²) in [6, 6.07) is -0.794. The predicted molar refractivity (Wildman–Crippen MR) is 48.4 cm³/mol. The van der Waals surface area contributed by atoms with Gasteiger partial charge in [0.2, 0.25) is 5.13 Å². The zero-order valence-electron chi connectivity index (χ0n) is 6.60. The molecule has 68 valence electrons. The molecule has 0 spiro atoms. The van der Waals surface area contributed by atoms with Gasteiger partial charge in [-0.25, -0.2) is 4.79 Å². The number of carboxylic acids is 1. The van der Waals surface area contributed by atoms with Crippen molar-refractivity contribution in [3.05, 3.63) is 5.51 Å². The highest BCUT2D eigenvalue weighted by Gasteiger charge is 2.16. The molecule has 0 saturated carbocycles. The molecule has 0 radical (unpaired) electrons. The molecule has 6 heteroatoms. The molecule has 1 aromatic heterocycles. The Bertz CT molecular complexity index is 317. The molecule has 2 N–H and O–H groups in total. The molecule has 1 unspecified atom stereocenters. The largest absolute Gasteiger partial charge is 0.480 e. The van der Waals surface area contributed by atoms with E-state index in [-0.39, 0.29) is 6.42 Å². The lowest BCUT2D eigenvalue weighted by molar-refractivity contribution is -0.137. The average molecular weight is 197 g/mol. The Morgan fingerprint density at radius 3 is 3.15 bits per heavy atom. The van der Waals surface area contributed by atoms with E-state index in [1.54, 1.807) is 0 Å². The minimum atomic E-state index is -0.992. The van der Waals surface area contributed by atoms with Crippen molar-refractivity contribution in [2.24, 2.45) is 0 Å². The first-order valence-electron chi connectivity index (χ1n) is 3.43. The third kappa shape index (κ3) is 2.72. The van der Waals surface area contributed by atoms with E-state index in [0.29, 0.717) is 5.13 Å². The van der Waals surface area contributed by atoms with Gasteiger partial charge in [-0.05, 0) is 0 Å². The van der Waals surface area contributed by atoms with Crippen LogP contribution in [0.15, 0.2) is 5.51 Å².